The van der Waals surface area contributed by atoms with Crippen LogP contribution in [-0.2, 0) is 6.42 Å². The van der Waals surface area contributed by atoms with Gasteiger partial charge in [-0.2, -0.15) is 14.9 Å². The fourth-order valence-electron chi connectivity index (χ4n) is 2.85. The second-order valence-corrected chi connectivity index (χ2v) is 7.98. The summed E-state index contributed by atoms with van der Waals surface area (Å²) in [5, 5.41) is 13.8. The largest absolute Gasteiger partial charge is 0.493 e. The van der Waals surface area contributed by atoms with E-state index in [-0.39, 0.29) is 0 Å². The highest BCUT2D eigenvalue weighted by Crippen LogP contribution is 2.18. The Balaban J connectivity index is 1.66. The van der Waals surface area contributed by atoms with Crippen LogP contribution in [0.25, 0.3) is 0 Å². The van der Waals surface area contributed by atoms with Gasteiger partial charge in [0.05, 0.1) is 12.8 Å². The Morgan fingerprint density at radius 1 is 1.18 bits per heavy atom. The number of aromatic nitrogens is 3. The third kappa shape index (κ3) is 5.87. The molecule has 0 radical (unpaired) electrons. The molecule has 0 fully saturated rings. The molecule has 5 nitrogen and oxygen atoms in total. The van der Waals surface area contributed by atoms with Crippen molar-refractivity contribution in [1.82, 2.24) is 14.9 Å². The van der Waals surface area contributed by atoms with Gasteiger partial charge in [-0.05, 0) is 42.2 Å². The Hall–Kier alpha value is -2.25. The summed E-state index contributed by atoms with van der Waals surface area (Å²) in [5.74, 6) is 1.63. The predicted molar refractivity (Wildman–Crippen MR) is 118 cm³/mol. The van der Waals surface area contributed by atoms with E-state index in [1.54, 1.807) is 22.2 Å². The van der Waals surface area contributed by atoms with Crippen LogP contribution in [-0.4, -0.2) is 27.7 Å². The molecule has 7 heteroatoms. The van der Waals surface area contributed by atoms with E-state index in [0.29, 0.717) is 11.2 Å². The predicted octanol–water partition coefficient (Wildman–Crippen LogP) is 5.82. The first-order chi connectivity index (χ1) is 13.8. The van der Waals surface area contributed by atoms with E-state index < -0.39 is 0 Å². The highest BCUT2D eigenvalue weighted by atomic mass is 32.1. The van der Waals surface area contributed by atoms with Crippen molar-refractivity contribution < 1.29 is 4.74 Å². The van der Waals surface area contributed by atoms with Crippen molar-refractivity contribution in [3.05, 3.63) is 62.8 Å². The standard InChI is InChI=1S/C21H26N4OS2/c1-2-3-4-5-8-13-26-19-12-7-6-10-17(19)16-22-25-20(23-24-21(25)27)15-18-11-9-14-28-18/h6-7,9-12,14,16H,2-5,8,13,15H2,1H3,(H,24,27)/b22-16-. The second-order valence-electron chi connectivity index (χ2n) is 6.56. The monoisotopic (exact) mass is 414 g/mol. The molecular weight excluding hydrogens is 388 g/mol. The summed E-state index contributed by atoms with van der Waals surface area (Å²) < 4.78 is 8.15. The number of hydrogen-bond acceptors (Lipinski definition) is 5. The van der Waals surface area contributed by atoms with Gasteiger partial charge in [-0.3, -0.25) is 5.10 Å². The SMILES string of the molecule is CCCCCCCOc1ccccc1/C=N\n1c(Cc2cccs2)n[nH]c1=S. The van der Waals surface area contributed by atoms with E-state index in [1.165, 1.54) is 30.6 Å². The average molecular weight is 415 g/mol. The molecule has 0 aliphatic heterocycles. The number of rotatable bonds is 11. The minimum Gasteiger partial charge on any atom is -0.493 e. The number of thiophene rings is 1. The average Bonchev–Trinajstić information content (AvgIpc) is 3.34. The number of H-pyrrole nitrogens is 1. The molecule has 0 aliphatic carbocycles. The van der Waals surface area contributed by atoms with Gasteiger partial charge in [-0.15, -0.1) is 11.3 Å². The summed E-state index contributed by atoms with van der Waals surface area (Å²) >= 11 is 7.04. The van der Waals surface area contributed by atoms with Gasteiger partial charge < -0.3 is 4.74 Å². The maximum Gasteiger partial charge on any atom is 0.216 e. The lowest BCUT2D eigenvalue weighted by Gasteiger charge is -2.09. The van der Waals surface area contributed by atoms with Crippen LogP contribution in [0.2, 0.25) is 0 Å². The van der Waals surface area contributed by atoms with Crippen molar-refractivity contribution in [2.75, 3.05) is 6.61 Å². The van der Waals surface area contributed by atoms with Crippen LogP contribution in [0.15, 0.2) is 46.9 Å². The molecule has 3 rings (SSSR count). The van der Waals surface area contributed by atoms with Gasteiger partial charge in [-0.25, -0.2) is 0 Å². The van der Waals surface area contributed by atoms with E-state index in [0.717, 1.165) is 30.2 Å². The van der Waals surface area contributed by atoms with Crippen LogP contribution >= 0.6 is 23.6 Å². The highest BCUT2D eigenvalue weighted by molar-refractivity contribution is 7.71. The summed E-state index contributed by atoms with van der Waals surface area (Å²) in [6.45, 7) is 2.95. The molecule has 0 amide bonds. The Bertz CT molecular complexity index is 928. The maximum atomic E-state index is 5.98. The molecule has 0 atom stereocenters. The van der Waals surface area contributed by atoms with Gasteiger partial charge >= 0.3 is 0 Å². The molecule has 2 heterocycles. The number of nitrogens with zero attached hydrogens (tertiary/aromatic N) is 3. The first-order valence-corrected chi connectivity index (χ1v) is 11.0. The lowest BCUT2D eigenvalue weighted by Crippen LogP contribution is -2.02. The number of hydrogen-bond donors (Lipinski definition) is 1. The van der Waals surface area contributed by atoms with Crippen molar-refractivity contribution in [3.63, 3.8) is 0 Å². The molecule has 1 aromatic carbocycles. The molecule has 0 spiro atoms. The Morgan fingerprint density at radius 3 is 2.86 bits per heavy atom. The van der Waals surface area contributed by atoms with Crippen molar-refractivity contribution in [2.24, 2.45) is 5.10 Å². The van der Waals surface area contributed by atoms with E-state index in [1.807, 2.05) is 30.3 Å². The number of para-hydroxylation sites is 1. The van der Waals surface area contributed by atoms with Crippen molar-refractivity contribution >= 4 is 29.8 Å². The van der Waals surface area contributed by atoms with Gasteiger partial charge in [0, 0.05) is 16.9 Å². The molecule has 148 valence electrons. The van der Waals surface area contributed by atoms with Crippen molar-refractivity contribution in [3.8, 4) is 5.75 Å². The number of aromatic amines is 1. The lowest BCUT2D eigenvalue weighted by molar-refractivity contribution is 0.304. The molecule has 0 saturated heterocycles. The Labute approximate surface area is 175 Å². The number of unbranched alkanes of at least 4 members (excludes halogenated alkanes) is 4. The molecule has 0 unspecified atom stereocenters. The topological polar surface area (TPSA) is 55.2 Å². The fourth-order valence-corrected chi connectivity index (χ4v) is 3.75. The molecule has 0 saturated carbocycles. The van der Waals surface area contributed by atoms with Crippen LogP contribution in [0, 0.1) is 4.77 Å². The van der Waals surface area contributed by atoms with E-state index >= 15 is 0 Å². The van der Waals surface area contributed by atoms with Crippen LogP contribution in [0.1, 0.15) is 55.3 Å². The summed E-state index contributed by atoms with van der Waals surface area (Å²) in [6.07, 6.45) is 8.58. The van der Waals surface area contributed by atoms with Gasteiger partial charge in [0.1, 0.15) is 5.75 Å². The minimum atomic E-state index is 0.483. The van der Waals surface area contributed by atoms with Crippen molar-refractivity contribution in [1.29, 1.82) is 0 Å². The van der Waals surface area contributed by atoms with Crippen molar-refractivity contribution in [2.45, 2.75) is 45.4 Å². The fraction of sp³-hybridized carbons (Fsp3) is 0.381. The number of ether oxygens (including phenoxy) is 1. The van der Waals surface area contributed by atoms with Crippen LogP contribution in [0.5, 0.6) is 5.75 Å². The number of nitrogens with one attached hydrogen (secondary N) is 1. The third-order valence-electron chi connectivity index (χ3n) is 4.37. The van der Waals surface area contributed by atoms with Gasteiger partial charge in [0.2, 0.25) is 4.77 Å². The second kappa shape index (κ2) is 10.9. The van der Waals surface area contributed by atoms with Crippen LogP contribution in [0.4, 0.5) is 0 Å². The number of benzene rings is 1. The summed E-state index contributed by atoms with van der Waals surface area (Å²) in [6, 6.07) is 12.1. The van der Waals surface area contributed by atoms with Gasteiger partial charge in [0.15, 0.2) is 5.82 Å². The zero-order valence-electron chi connectivity index (χ0n) is 16.1. The van der Waals surface area contributed by atoms with Gasteiger partial charge in [-0.1, -0.05) is 50.8 Å². The maximum absolute atomic E-state index is 5.98. The summed E-state index contributed by atoms with van der Waals surface area (Å²) in [5.41, 5.74) is 0.932. The molecule has 0 aliphatic rings. The molecule has 2 aromatic heterocycles. The zero-order chi connectivity index (χ0) is 19.6. The Kier molecular flexibility index (Phi) is 7.99. The smallest absolute Gasteiger partial charge is 0.216 e. The molecule has 3 aromatic rings. The first kappa shape index (κ1) is 20.5. The molecular formula is C21H26N4OS2. The lowest BCUT2D eigenvalue weighted by atomic mass is 10.2. The molecule has 0 bridgehead atoms. The third-order valence-corrected chi connectivity index (χ3v) is 5.51. The first-order valence-electron chi connectivity index (χ1n) is 9.72. The van der Waals surface area contributed by atoms with Crippen LogP contribution < -0.4 is 4.74 Å². The van der Waals surface area contributed by atoms with E-state index in [4.69, 9.17) is 17.0 Å². The minimum absolute atomic E-state index is 0.483. The summed E-state index contributed by atoms with van der Waals surface area (Å²) in [4.78, 5) is 1.22. The normalized spacial score (nSPS) is 11.3. The highest BCUT2D eigenvalue weighted by Gasteiger charge is 2.07. The van der Waals surface area contributed by atoms with Gasteiger partial charge in [0.25, 0.3) is 0 Å². The zero-order valence-corrected chi connectivity index (χ0v) is 17.8. The summed E-state index contributed by atoms with van der Waals surface area (Å²) in [7, 11) is 0. The molecule has 28 heavy (non-hydrogen) atoms. The Morgan fingerprint density at radius 2 is 2.04 bits per heavy atom. The van der Waals surface area contributed by atoms with Crippen LogP contribution in [0.3, 0.4) is 0 Å². The molecule has 1 N–H and O–H groups in total. The quantitative estimate of drug-likeness (QED) is 0.244. The van der Waals surface area contributed by atoms with E-state index in [9.17, 15) is 0 Å². The van der Waals surface area contributed by atoms with E-state index in [2.05, 4.69) is 33.7 Å².